The fourth-order valence-corrected chi connectivity index (χ4v) is 3.46. The molecule has 0 bridgehead atoms. The molecule has 0 aromatic rings. The molecule has 0 radical (unpaired) electrons. The Morgan fingerprint density at radius 1 is 1.21 bits per heavy atom. The Hall–Kier alpha value is 0.310. The third-order valence-electron chi connectivity index (χ3n) is 2.93. The first kappa shape index (κ1) is 12.4. The van der Waals surface area contributed by atoms with E-state index in [9.17, 15) is 10.2 Å². The molecule has 84 valence electrons. The molecule has 4 heteroatoms. The minimum absolute atomic E-state index is 0.0313. The summed E-state index contributed by atoms with van der Waals surface area (Å²) in [5, 5.41) is 18.6. The van der Waals surface area contributed by atoms with E-state index >= 15 is 0 Å². The van der Waals surface area contributed by atoms with Crippen molar-refractivity contribution in [1.29, 1.82) is 0 Å². The Labute approximate surface area is 87.6 Å². The van der Waals surface area contributed by atoms with E-state index in [2.05, 4.69) is 6.66 Å². The Morgan fingerprint density at radius 2 is 1.64 bits per heavy atom. The van der Waals surface area contributed by atoms with Crippen molar-refractivity contribution in [2.24, 2.45) is 0 Å². The molecule has 2 N–H and O–H groups in total. The highest BCUT2D eigenvalue weighted by atomic mass is 31.1. The van der Waals surface area contributed by atoms with Crippen LogP contribution in [0.3, 0.4) is 0 Å². The summed E-state index contributed by atoms with van der Waals surface area (Å²) in [6.45, 7) is 6.08. The zero-order chi connectivity index (χ0) is 10.8. The molecule has 0 aromatic heterocycles. The van der Waals surface area contributed by atoms with Crippen LogP contribution < -0.4 is 0 Å². The van der Waals surface area contributed by atoms with Crippen LogP contribution in [0.1, 0.15) is 26.7 Å². The third kappa shape index (κ3) is 2.66. The SMILES string of the molecule is CPC1C[C@](C)(CO)O[C@](C)(CO)C1. The van der Waals surface area contributed by atoms with Crippen LogP contribution in [0, 0.1) is 0 Å². The van der Waals surface area contributed by atoms with Gasteiger partial charge in [0.25, 0.3) is 0 Å². The molecular formula is C10H21O3P. The van der Waals surface area contributed by atoms with E-state index < -0.39 is 11.2 Å². The molecule has 1 aliphatic heterocycles. The van der Waals surface area contributed by atoms with Gasteiger partial charge in [-0.25, -0.2) is 0 Å². The zero-order valence-corrected chi connectivity index (χ0v) is 10.2. The van der Waals surface area contributed by atoms with Gasteiger partial charge in [-0.1, -0.05) is 0 Å². The van der Waals surface area contributed by atoms with E-state index in [0.717, 1.165) is 21.4 Å². The van der Waals surface area contributed by atoms with Crippen LogP contribution >= 0.6 is 8.58 Å². The maximum absolute atomic E-state index is 9.29. The van der Waals surface area contributed by atoms with Crippen molar-refractivity contribution in [3.8, 4) is 0 Å². The molecule has 0 spiro atoms. The third-order valence-corrected chi connectivity index (χ3v) is 4.15. The number of hydrogen-bond acceptors (Lipinski definition) is 3. The first-order chi connectivity index (χ1) is 6.47. The van der Waals surface area contributed by atoms with Crippen LogP contribution in [0.25, 0.3) is 0 Å². The molecule has 3 nitrogen and oxygen atoms in total. The lowest BCUT2D eigenvalue weighted by molar-refractivity contribution is -0.200. The molecule has 1 aliphatic rings. The van der Waals surface area contributed by atoms with Crippen molar-refractivity contribution in [3.05, 3.63) is 0 Å². The minimum atomic E-state index is -0.469. The summed E-state index contributed by atoms with van der Waals surface area (Å²) >= 11 is 0. The monoisotopic (exact) mass is 220 g/mol. The summed E-state index contributed by atoms with van der Waals surface area (Å²) in [5.74, 6) is 0. The van der Waals surface area contributed by atoms with Crippen LogP contribution in [-0.4, -0.2) is 47.0 Å². The van der Waals surface area contributed by atoms with Gasteiger partial charge in [0, 0.05) is 0 Å². The number of ether oxygens (including phenoxy) is 1. The van der Waals surface area contributed by atoms with Crippen molar-refractivity contribution in [2.45, 2.75) is 43.6 Å². The van der Waals surface area contributed by atoms with Crippen molar-refractivity contribution < 1.29 is 14.9 Å². The summed E-state index contributed by atoms with van der Waals surface area (Å²) in [4.78, 5) is 0. The van der Waals surface area contributed by atoms with Gasteiger partial charge in [0.1, 0.15) is 0 Å². The predicted molar refractivity (Wildman–Crippen MR) is 59.3 cm³/mol. The van der Waals surface area contributed by atoms with Gasteiger partial charge in [0.2, 0.25) is 0 Å². The van der Waals surface area contributed by atoms with Gasteiger partial charge in [0.15, 0.2) is 0 Å². The summed E-state index contributed by atoms with van der Waals surface area (Å²) in [5.41, 5.74) is -0.370. The maximum Gasteiger partial charge on any atom is 0.0898 e. The fraction of sp³-hybridized carbons (Fsp3) is 1.00. The molecular weight excluding hydrogens is 199 g/mol. The predicted octanol–water partition coefficient (Wildman–Crippen LogP) is 0.976. The van der Waals surface area contributed by atoms with Crippen molar-refractivity contribution >= 4 is 8.58 Å². The highest BCUT2D eigenvalue weighted by Gasteiger charge is 2.43. The second kappa shape index (κ2) is 4.44. The average Bonchev–Trinajstić information content (AvgIpc) is 2.17. The van der Waals surface area contributed by atoms with Gasteiger partial charge >= 0.3 is 0 Å². The van der Waals surface area contributed by atoms with E-state index in [4.69, 9.17) is 4.74 Å². The molecule has 1 heterocycles. The summed E-state index contributed by atoms with van der Waals surface area (Å²) in [7, 11) is 0.844. The Balaban J connectivity index is 2.76. The van der Waals surface area contributed by atoms with Crippen LogP contribution in [0.2, 0.25) is 0 Å². The number of rotatable bonds is 3. The second-order valence-corrected chi connectivity index (χ2v) is 6.11. The van der Waals surface area contributed by atoms with E-state index in [0.29, 0.717) is 5.66 Å². The molecule has 1 saturated heterocycles. The Bertz CT molecular complexity index is 182. The molecule has 0 aliphatic carbocycles. The van der Waals surface area contributed by atoms with E-state index in [1.54, 1.807) is 0 Å². The summed E-state index contributed by atoms with van der Waals surface area (Å²) in [6.07, 6.45) is 1.79. The largest absolute Gasteiger partial charge is 0.393 e. The number of aliphatic hydroxyl groups excluding tert-OH is 2. The van der Waals surface area contributed by atoms with Crippen LogP contribution in [0.4, 0.5) is 0 Å². The lowest BCUT2D eigenvalue weighted by Crippen LogP contribution is -2.53. The fourth-order valence-electron chi connectivity index (χ4n) is 2.19. The van der Waals surface area contributed by atoms with Crippen LogP contribution in [0.5, 0.6) is 0 Å². The average molecular weight is 220 g/mol. The highest BCUT2D eigenvalue weighted by Crippen LogP contribution is 2.41. The van der Waals surface area contributed by atoms with Gasteiger partial charge in [-0.15, -0.1) is 8.58 Å². The van der Waals surface area contributed by atoms with Gasteiger partial charge in [0.05, 0.1) is 24.4 Å². The van der Waals surface area contributed by atoms with Gasteiger partial charge in [-0.2, -0.15) is 0 Å². The molecule has 1 rings (SSSR count). The highest BCUT2D eigenvalue weighted by molar-refractivity contribution is 7.37. The molecule has 14 heavy (non-hydrogen) atoms. The van der Waals surface area contributed by atoms with Crippen molar-refractivity contribution in [3.63, 3.8) is 0 Å². The molecule has 4 atom stereocenters. The van der Waals surface area contributed by atoms with E-state index in [-0.39, 0.29) is 13.2 Å². The maximum atomic E-state index is 9.29. The Kier molecular flexibility index (Phi) is 3.93. The summed E-state index contributed by atoms with van der Waals surface area (Å²) in [6, 6.07) is 0. The molecule has 2 unspecified atom stereocenters. The molecule has 1 fully saturated rings. The zero-order valence-electron chi connectivity index (χ0n) is 9.21. The lowest BCUT2D eigenvalue weighted by Gasteiger charge is -2.46. The topological polar surface area (TPSA) is 49.7 Å². The van der Waals surface area contributed by atoms with Gasteiger partial charge < -0.3 is 14.9 Å². The summed E-state index contributed by atoms with van der Waals surface area (Å²) < 4.78 is 5.80. The minimum Gasteiger partial charge on any atom is -0.393 e. The first-order valence-corrected chi connectivity index (χ1v) is 6.64. The normalized spacial score (nSPS) is 44.8. The smallest absolute Gasteiger partial charge is 0.0898 e. The van der Waals surface area contributed by atoms with Crippen LogP contribution in [0.15, 0.2) is 0 Å². The first-order valence-electron chi connectivity index (χ1n) is 5.06. The van der Waals surface area contributed by atoms with Crippen molar-refractivity contribution in [1.82, 2.24) is 0 Å². The second-order valence-electron chi connectivity index (χ2n) is 4.71. The van der Waals surface area contributed by atoms with Gasteiger partial charge in [-0.3, -0.25) is 0 Å². The standard InChI is InChI=1S/C10H21O3P/c1-9(6-11)4-8(14-3)5-10(2,7-12)13-9/h8,11-12,14H,4-7H2,1-3H3/t8?,9-,10+. The quantitative estimate of drug-likeness (QED) is 0.697. The molecule has 0 aromatic carbocycles. The van der Waals surface area contributed by atoms with Gasteiger partial charge in [-0.05, 0) is 39.0 Å². The molecule has 0 saturated carbocycles. The van der Waals surface area contributed by atoms with Crippen LogP contribution in [-0.2, 0) is 4.74 Å². The molecule has 0 amide bonds. The van der Waals surface area contributed by atoms with E-state index in [1.807, 2.05) is 13.8 Å². The number of hydrogen-bond donors (Lipinski definition) is 2. The van der Waals surface area contributed by atoms with E-state index in [1.165, 1.54) is 0 Å². The van der Waals surface area contributed by atoms with Crippen molar-refractivity contribution in [2.75, 3.05) is 19.9 Å². The Morgan fingerprint density at radius 3 is 1.93 bits per heavy atom. The lowest BCUT2D eigenvalue weighted by atomic mass is 9.87. The number of aliphatic hydroxyl groups is 2.